The first-order valence-corrected chi connectivity index (χ1v) is 10.4. The van der Waals surface area contributed by atoms with E-state index in [1.165, 1.54) is 6.07 Å². The zero-order valence-corrected chi connectivity index (χ0v) is 18.6. The van der Waals surface area contributed by atoms with Crippen molar-refractivity contribution in [2.45, 2.75) is 6.54 Å². The quantitative estimate of drug-likeness (QED) is 0.569. The molecule has 1 aromatic heterocycles. The summed E-state index contributed by atoms with van der Waals surface area (Å²) >= 11 is 6.32. The molecule has 2 aliphatic heterocycles. The molecule has 5 rings (SSSR count). The fourth-order valence-electron chi connectivity index (χ4n) is 3.96. The van der Waals surface area contributed by atoms with Crippen molar-refractivity contribution < 1.29 is 4.39 Å². The molecule has 0 atom stereocenters. The second-order valence-electron chi connectivity index (χ2n) is 7.67. The summed E-state index contributed by atoms with van der Waals surface area (Å²) in [5.74, 6) is 0.412. The maximum atomic E-state index is 14.6. The molecule has 0 saturated carbocycles. The number of halogens is 3. The molecule has 2 aliphatic rings. The van der Waals surface area contributed by atoms with Crippen LogP contribution in [0.5, 0.6) is 0 Å². The molecule has 0 bridgehead atoms. The molecule has 5 nitrogen and oxygen atoms in total. The Balaban J connectivity index is 0.00000231. The number of piperazine rings is 1. The van der Waals surface area contributed by atoms with Gasteiger partial charge in [-0.15, -0.1) is 12.4 Å². The molecule has 1 fully saturated rings. The smallest absolute Gasteiger partial charge is 0.225 e. The van der Waals surface area contributed by atoms with Crippen molar-refractivity contribution in [2.75, 3.05) is 38.1 Å². The lowest BCUT2D eigenvalue weighted by atomic mass is 9.95. The number of rotatable bonds is 2. The number of likely N-dealkylation sites (N-methyl/N-ethyl adjacent to an activating group) is 1. The van der Waals surface area contributed by atoms with E-state index in [0.717, 1.165) is 54.5 Å². The van der Waals surface area contributed by atoms with Gasteiger partial charge in [0.25, 0.3) is 0 Å². The van der Waals surface area contributed by atoms with Crippen LogP contribution in [0.25, 0.3) is 11.3 Å². The lowest BCUT2D eigenvalue weighted by Gasteiger charge is -2.32. The zero-order valence-electron chi connectivity index (χ0n) is 17.1. The highest BCUT2D eigenvalue weighted by Crippen LogP contribution is 2.34. The minimum Gasteiger partial charge on any atom is -0.338 e. The standard InChI is InChI=1S/C23H21ClFN5.ClH/c1-29-8-10-30(11-9-29)23-27-14-15-13-26-22(18-4-2-3-5-20(18)25)19-12-16(24)6-7-17(19)21(15)28-23;/h2-7,12,14H,8-11,13H2,1H3;1H. The molecular weight excluding hydrogens is 436 g/mol. The van der Waals surface area contributed by atoms with Gasteiger partial charge in [-0.1, -0.05) is 29.8 Å². The Morgan fingerprint density at radius 3 is 2.52 bits per heavy atom. The van der Waals surface area contributed by atoms with Crippen LogP contribution in [-0.4, -0.2) is 53.8 Å². The van der Waals surface area contributed by atoms with Gasteiger partial charge in [0.1, 0.15) is 5.82 Å². The summed E-state index contributed by atoms with van der Waals surface area (Å²) in [6, 6.07) is 12.3. The Kier molecular flexibility index (Phi) is 6.23. The Labute approximate surface area is 192 Å². The van der Waals surface area contributed by atoms with E-state index in [4.69, 9.17) is 21.6 Å². The van der Waals surface area contributed by atoms with Gasteiger partial charge in [0, 0.05) is 59.7 Å². The Bertz CT molecular complexity index is 1140. The van der Waals surface area contributed by atoms with Gasteiger partial charge in [0.15, 0.2) is 0 Å². The van der Waals surface area contributed by atoms with Crippen LogP contribution in [0.15, 0.2) is 53.7 Å². The van der Waals surface area contributed by atoms with Crippen LogP contribution in [0.1, 0.15) is 16.7 Å². The number of anilines is 1. The number of fused-ring (bicyclic) bond motifs is 3. The van der Waals surface area contributed by atoms with Gasteiger partial charge >= 0.3 is 0 Å². The first-order chi connectivity index (χ1) is 14.6. The summed E-state index contributed by atoms with van der Waals surface area (Å²) in [4.78, 5) is 18.8. The lowest BCUT2D eigenvalue weighted by molar-refractivity contribution is 0.311. The third-order valence-corrected chi connectivity index (χ3v) is 5.90. The number of aliphatic imine (C=N–C) groups is 1. The molecule has 160 valence electrons. The normalized spacial score (nSPS) is 16.0. The van der Waals surface area contributed by atoms with Crippen LogP contribution < -0.4 is 4.90 Å². The molecule has 3 heterocycles. The Morgan fingerprint density at radius 1 is 0.968 bits per heavy atom. The minimum absolute atomic E-state index is 0. The number of hydrogen-bond donors (Lipinski definition) is 0. The summed E-state index contributed by atoms with van der Waals surface area (Å²) in [6.07, 6.45) is 1.85. The molecular formula is C23H22Cl2FN5. The predicted molar refractivity (Wildman–Crippen MR) is 125 cm³/mol. The first kappa shape index (κ1) is 21.7. The van der Waals surface area contributed by atoms with E-state index >= 15 is 0 Å². The lowest BCUT2D eigenvalue weighted by Crippen LogP contribution is -2.45. The van der Waals surface area contributed by atoms with E-state index in [-0.39, 0.29) is 18.2 Å². The summed E-state index contributed by atoms with van der Waals surface area (Å²) in [5, 5.41) is 0.578. The highest BCUT2D eigenvalue weighted by molar-refractivity contribution is 6.31. The van der Waals surface area contributed by atoms with Crippen LogP contribution in [0.2, 0.25) is 5.02 Å². The molecule has 0 unspecified atom stereocenters. The fourth-order valence-corrected chi connectivity index (χ4v) is 4.13. The first-order valence-electron chi connectivity index (χ1n) is 9.99. The van der Waals surface area contributed by atoms with Crippen molar-refractivity contribution in [2.24, 2.45) is 4.99 Å². The third-order valence-electron chi connectivity index (χ3n) is 5.67. The van der Waals surface area contributed by atoms with Crippen molar-refractivity contribution >= 4 is 35.7 Å². The molecule has 1 saturated heterocycles. The highest BCUT2D eigenvalue weighted by Gasteiger charge is 2.24. The number of nitrogens with zero attached hydrogens (tertiary/aromatic N) is 5. The predicted octanol–water partition coefficient (Wildman–Crippen LogP) is 4.46. The minimum atomic E-state index is -0.308. The van der Waals surface area contributed by atoms with E-state index in [2.05, 4.69) is 21.8 Å². The summed E-state index contributed by atoms with van der Waals surface area (Å²) < 4.78 is 14.6. The molecule has 0 amide bonds. The van der Waals surface area contributed by atoms with Crippen LogP contribution in [0.3, 0.4) is 0 Å². The molecule has 0 N–H and O–H groups in total. The van der Waals surface area contributed by atoms with Crippen LogP contribution in [0, 0.1) is 5.82 Å². The van der Waals surface area contributed by atoms with Crippen molar-refractivity contribution in [1.82, 2.24) is 14.9 Å². The van der Waals surface area contributed by atoms with Crippen molar-refractivity contribution in [3.05, 3.63) is 76.2 Å². The average molecular weight is 458 g/mol. The molecule has 0 radical (unpaired) electrons. The average Bonchev–Trinajstić information content (AvgIpc) is 2.91. The molecule has 0 spiro atoms. The van der Waals surface area contributed by atoms with Crippen LogP contribution in [-0.2, 0) is 6.54 Å². The van der Waals surface area contributed by atoms with Crippen LogP contribution >= 0.6 is 24.0 Å². The molecule has 31 heavy (non-hydrogen) atoms. The monoisotopic (exact) mass is 457 g/mol. The van der Waals surface area contributed by atoms with E-state index in [0.29, 0.717) is 22.8 Å². The summed E-state index contributed by atoms with van der Waals surface area (Å²) in [5.41, 5.74) is 4.48. The number of aromatic nitrogens is 2. The molecule has 8 heteroatoms. The van der Waals surface area contributed by atoms with Gasteiger partial charge < -0.3 is 9.80 Å². The van der Waals surface area contributed by atoms with Crippen molar-refractivity contribution in [3.8, 4) is 11.3 Å². The van der Waals surface area contributed by atoms with E-state index in [9.17, 15) is 4.39 Å². The maximum Gasteiger partial charge on any atom is 0.225 e. The SMILES string of the molecule is CN1CCN(c2ncc3c(n2)-c2ccc(Cl)cc2C(c2ccccc2F)=NC3)CC1.Cl. The van der Waals surface area contributed by atoms with Gasteiger partial charge in [-0.3, -0.25) is 4.99 Å². The van der Waals surface area contributed by atoms with E-state index < -0.39 is 0 Å². The summed E-state index contributed by atoms with van der Waals surface area (Å²) in [7, 11) is 2.12. The molecule has 3 aromatic rings. The Hall–Kier alpha value is -2.54. The largest absolute Gasteiger partial charge is 0.338 e. The van der Waals surface area contributed by atoms with E-state index in [1.807, 2.05) is 30.5 Å². The van der Waals surface area contributed by atoms with Gasteiger partial charge in [-0.05, 0) is 31.3 Å². The van der Waals surface area contributed by atoms with Gasteiger partial charge in [0.2, 0.25) is 5.95 Å². The van der Waals surface area contributed by atoms with Gasteiger partial charge in [0.05, 0.1) is 18.0 Å². The number of hydrogen-bond acceptors (Lipinski definition) is 5. The zero-order chi connectivity index (χ0) is 20.7. The highest BCUT2D eigenvalue weighted by atomic mass is 35.5. The maximum absolute atomic E-state index is 14.6. The van der Waals surface area contributed by atoms with Gasteiger partial charge in [-0.2, -0.15) is 0 Å². The third kappa shape index (κ3) is 4.15. The van der Waals surface area contributed by atoms with E-state index in [1.54, 1.807) is 12.1 Å². The fraction of sp³-hybridized carbons (Fsp3) is 0.261. The molecule has 0 aliphatic carbocycles. The van der Waals surface area contributed by atoms with Crippen molar-refractivity contribution in [1.29, 1.82) is 0 Å². The second-order valence-corrected chi connectivity index (χ2v) is 8.11. The Morgan fingerprint density at radius 2 is 1.74 bits per heavy atom. The second kappa shape index (κ2) is 8.91. The molecule has 2 aromatic carbocycles. The summed E-state index contributed by atoms with van der Waals surface area (Å²) in [6.45, 7) is 4.12. The number of benzene rings is 2. The van der Waals surface area contributed by atoms with Crippen LogP contribution in [0.4, 0.5) is 10.3 Å². The van der Waals surface area contributed by atoms with Gasteiger partial charge in [-0.25, -0.2) is 14.4 Å². The van der Waals surface area contributed by atoms with Crippen molar-refractivity contribution in [3.63, 3.8) is 0 Å². The topological polar surface area (TPSA) is 44.6 Å².